The zero-order chi connectivity index (χ0) is 31.9. The van der Waals surface area contributed by atoms with Crippen LogP contribution in [0.1, 0.15) is 52.9 Å². The van der Waals surface area contributed by atoms with E-state index >= 15 is 0 Å². The van der Waals surface area contributed by atoms with Crippen molar-refractivity contribution in [2.75, 3.05) is 24.6 Å². The molecule has 3 fully saturated rings. The minimum atomic E-state index is -0.930. The van der Waals surface area contributed by atoms with Gasteiger partial charge in [0.1, 0.15) is 29.5 Å². The molecule has 0 radical (unpaired) electrons. The monoisotopic (exact) mass is 651 g/mol. The third-order valence-corrected chi connectivity index (χ3v) is 8.85. The summed E-state index contributed by atoms with van der Waals surface area (Å²) in [7, 11) is 0. The van der Waals surface area contributed by atoms with E-state index in [1.54, 1.807) is 43.9 Å². The molecule has 13 heteroatoms. The van der Waals surface area contributed by atoms with Crippen LogP contribution in [0.25, 0.3) is 0 Å². The highest BCUT2D eigenvalue weighted by atomic mass is 35.5. The first-order chi connectivity index (χ1) is 20.7. The summed E-state index contributed by atoms with van der Waals surface area (Å²) < 4.78 is 30.6. The Labute approximate surface area is 265 Å². The Kier molecular flexibility index (Phi) is 8.94. The highest BCUT2D eigenvalue weighted by Gasteiger charge is 2.55. The second-order valence-corrected chi connectivity index (χ2v) is 13.6. The number of ether oxygens (including phenoxy) is 3. The molecular formula is C31H36Cl2FN3O7. The fourth-order valence-corrected chi connectivity index (χ4v) is 6.46. The number of nitrogens with zero attached hydrogens (tertiary/aromatic N) is 1. The molecule has 238 valence electrons. The van der Waals surface area contributed by atoms with Crippen LogP contribution in [0.15, 0.2) is 36.4 Å². The maximum atomic E-state index is 13.7. The van der Waals surface area contributed by atoms with Gasteiger partial charge in [-0.2, -0.15) is 0 Å². The number of rotatable bonds is 8. The van der Waals surface area contributed by atoms with Gasteiger partial charge in [-0.3, -0.25) is 14.4 Å². The maximum Gasteiger partial charge on any atom is 0.326 e. The lowest BCUT2D eigenvalue weighted by Gasteiger charge is -2.56. The average molecular weight is 653 g/mol. The molecule has 0 unspecified atom stereocenters. The first-order valence-corrected chi connectivity index (χ1v) is 15.2. The average Bonchev–Trinajstić information content (AvgIpc) is 2.93. The van der Waals surface area contributed by atoms with E-state index in [0.29, 0.717) is 42.1 Å². The summed E-state index contributed by atoms with van der Waals surface area (Å²) in [6.45, 7) is 4.98. The van der Waals surface area contributed by atoms with Crippen LogP contribution < -0.4 is 25.0 Å². The Balaban J connectivity index is 1.20. The van der Waals surface area contributed by atoms with E-state index in [0.717, 1.165) is 6.07 Å². The number of aliphatic hydroxyl groups is 1. The normalized spacial score (nSPS) is 25.8. The molecule has 2 aromatic rings. The summed E-state index contributed by atoms with van der Waals surface area (Å²) in [5.41, 5.74) is -1.62. The van der Waals surface area contributed by atoms with Crippen LogP contribution in [0.2, 0.25) is 10.0 Å². The fraction of sp³-hybridized carbons (Fsp3) is 0.516. The summed E-state index contributed by atoms with van der Waals surface area (Å²) in [5.74, 6) is -1.34. The van der Waals surface area contributed by atoms with E-state index in [1.165, 1.54) is 12.1 Å². The highest BCUT2D eigenvalue weighted by molar-refractivity contribution is 6.31. The zero-order valence-corrected chi connectivity index (χ0v) is 26.3. The molecule has 2 atom stereocenters. The van der Waals surface area contributed by atoms with Crippen LogP contribution in [0.3, 0.4) is 0 Å². The molecule has 6 rings (SSSR count). The number of amides is 2. The van der Waals surface area contributed by atoms with Gasteiger partial charge in [0.05, 0.1) is 28.9 Å². The third kappa shape index (κ3) is 7.16. The number of hydrogen-bond donors (Lipinski definition) is 3. The van der Waals surface area contributed by atoms with Gasteiger partial charge >= 0.3 is 5.97 Å². The molecule has 3 N–H and O–H groups in total. The lowest BCUT2D eigenvalue weighted by atomic mass is 9.60. The predicted octanol–water partition coefficient (Wildman–Crippen LogP) is 4.17. The number of nitrogens with one attached hydrogen (secondary N) is 2. The molecule has 1 aliphatic heterocycles. The molecular weight excluding hydrogens is 616 g/mol. The summed E-state index contributed by atoms with van der Waals surface area (Å²) in [5, 5.41) is 17.6. The molecule has 10 nitrogen and oxygen atoms in total. The second-order valence-electron chi connectivity index (χ2n) is 12.7. The number of anilines is 1. The molecule has 3 aliphatic carbocycles. The van der Waals surface area contributed by atoms with Crippen LogP contribution in [-0.2, 0) is 19.1 Å². The minimum Gasteiger partial charge on any atom is -0.484 e. The van der Waals surface area contributed by atoms with Crippen LogP contribution in [0, 0.1) is 5.82 Å². The molecule has 0 spiro atoms. The van der Waals surface area contributed by atoms with E-state index in [9.17, 15) is 23.9 Å². The zero-order valence-electron chi connectivity index (χ0n) is 24.8. The molecule has 1 heterocycles. The van der Waals surface area contributed by atoms with Crippen molar-refractivity contribution in [1.82, 2.24) is 10.6 Å². The number of carbonyl (C=O) groups excluding carboxylic acids is 3. The van der Waals surface area contributed by atoms with Crippen molar-refractivity contribution in [3.63, 3.8) is 0 Å². The second kappa shape index (κ2) is 12.3. The molecule has 2 aromatic carbocycles. The SMILES string of the molecule is CC(C)(C)OC(=O)CN1C[C@@H](C(=O)NC23CCC(NC(=O)COc4ccc(Cl)c(F)c4)(CC2)[C@@H](O)C3)Oc2ccc(Cl)cc21. The van der Waals surface area contributed by atoms with Gasteiger partial charge < -0.3 is 34.9 Å². The van der Waals surface area contributed by atoms with Crippen molar-refractivity contribution < 1.29 is 38.1 Å². The van der Waals surface area contributed by atoms with Crippen LogP contribution in [0.5, 0.6) is 11.5 Å². The molecule has 2 amide bonds. The van der Waals surface area contributed by atoms with Gasteiger partial charge in [-0.05, 0) is 83.2 Å². The topological polar surface area (TPSA) is 126 Å². The van der Waals surface area contributed by atoms with Crippen molar-refractivity contribution in [3.05, 3.63) is 52.3 Å². The van der Waals surface area contributed by atoms with Gasteiger partial charge in [0.15, 0.2) is 12.7 Å². The Bertz CT molecular complexity index is 1440. The van der Waals surface area contributed by atoms with Gasteiger partial charge in [-0.15, -0.1) is 0 Å². The van der Waals surface area contributed by atoms with E-state index in [4.69, 9.17) is 37.4 Å². The number of benzene rings is 2. The quantitative estimate of drug-likeness (QED) is 0.363. The molecule has 0 aromatic heterocycles. The minimum absolute atomic E-state index is 0.0493. The van der Waals surface area contributed by atoms with Crippen molar-refractivity contribution in [2.45, 2.75) is 81.8 Å². The highest BCUT2D eigenvalue weighted by Crippen LogP contribution is 2.47. The predicted molar refractivity (Wildman–Crippen MR) is 162 cm³/mol. The summed E-state index contributed by atoms with van der Waals surface area (Å²) in [6, 6.07) is 8.89. The van der Waals surface area contributed by atoms with E-state index in [1.807, 2.05) is 0 Å². The van der Waals surface area contributed by atoms with E-state index in [2.05, 4.69) is 10.6 Å². The van der Waals surface area contributed by atoms with Gasteiger partial charge in [0, 0.05) is 16.6 Å². The Morgan fingerprint density at radius 2 is 1.82 bits per heavy atom. The lowest BCUT2D eigenvalue weighted by Crippen LogP contribution is -2.71. The molecule has 44 heavy (non-hydrogen) atoms. The summed E-state index contributed by atoms with van der Waals surface area (Å²) >= 11 is 11.9. The lowest BCUT2D eigenvalue weighted by molar-refractivity contribution is -0.153. The largest absolute Gasteiger partial charge is 0.484 e. The number of fused-ring (bicyclic) bond motifs is 4. The van der Waals surface area contributed by atoms with Crippen LogP contribution in [0.4, 0.5) is 10.1 Å². The molecule has 4 aliphatic rings. The van der Waals surface area contributed by atoms with Gasteiger partial charge in [0.2, 0.25) is 0 Å². The third-order valence-electron chi connectivity index (χ3n) is 8.31. The number of halogens is 3. The van der Waals surface area contributed by atoms with E-state index < -0.39 is 46.6 Å². The number of hydrogen-bond acceptors (Lipinski definition) is 8. The van der Waals surface area contributed by atoms with Crippen LogP contribution in [-0.4, -0.2) is 71.5 Å². The standard InChI is InChI=1S/C31H36Cl2FN3O7/c1-29(2,3)44-27(40)16-37-15-24(43-23-7-4-18(32)12-22(23)37)28(41)36-30-8-10-31(11-9-30,25(38)14-30)35-26(39)17-42-19-5-6-20(33)21(34)13-19/h4-7,12-13,24-25,38H,8-11,14-17H2,1-3H3,(H,35,39)(H,36,41)/t24-,25-,30?,31?/m0/s1. The van der Waals surface area contributed by atoms with Crippen LogP contribution >= 0.6 is 23.2 Å². The first-order valence-electron chi connectivity index (χ1n) is 14.5. The number of esters is 1. The van der Waals surface area contributed by atoms with Crippen molar-refractivity contribution in [2.24, 2.45) is 0 Å². The molecule has 0 saturated heterocycles. The van der Waals surface area contributed by atoms with Crippen molar-refractivity contribution >= 4 is 46.7 Å². The van der Waals surface area contributed by atoms with Gasteiger partial charge in [-0.1, -0.05) is 23.2 Å². The van der Waals surface area contributed by atoms with E-state index in [-0.39, 0.29) is 42.8 Å². The van der Waals surface area contributed by atoms with Gasteiger partial charge in [0.25, 0.3) is 11.8 Å². The number of carbonyl (C=O) groups is 3. The number of aliphatic hydroxyl groups excluding tert-OH is 1. The molecule has 3 saturated carbocycles. The first kappa shape index (κ1) is 32.1. The Morgan fingerprint density at radius 3 is 2.48 bits per heavy atom. The maximum absolute atomic E-state index is 13.7. The summed E-state index contributed by atoms with van der Waals surface area (Å²) in [6.07, 6.45) is 0.324. The fourth-order valence-electron chi connectivity index (χ4n) is 6.18. The van der Waals surface area contributed by atoms with Crippen molar-refractivity contribution in [1.29, 1.82) is 0 Å². The summed E-state index contributed by atoms with van der Waals surface area (Å²) in [4.78, 5) is 40.7. The van der Waals surface area contributed by atoms with Gasteiger partial charge in [-0.25, -0.2) is 4.39 Å². The van der Waals surface area contributed by atoms with Crippen molar-refractivity contribution in [3.8, 4) is 11.5 Å². The Hall–Kier alpha value is -3.28. The smallest absolute Gasteiger partial charge is 0.326 e. The Morgan fingerprint density at radius 1 is 1.09 bits per heavy atom. The molecule has 2 bridgehead atoms.